The number of ether oxygens (including phenoxy) is 1. The number of hydrogen-bond donors (Lipinski definition) is 2. The molecular formula is C20H24N2O5S. The molecule has 150 valence electrons. The van der Waals surface area contributed by atoms with Crippen molar-refractivity contribution in [2.75, 3.05) is 20.2 Å². The minimum Gasteiger partial charge on any atom is -0.466 e. The monoisotopic (exact) mass is 404 g/mol. The Morgan fingerprint density at radius 2 is 1.68 bits per heavy atom. The Labute approximate surface area is 165 Å². The van der Waals surface area contributed by atoms with Gasteiger partial charge in [-0.05, 0) is 50.2 Å². The van der Waals surface area contributed by atoms with Crippen molar-refractivity contribution in [1.29, 1.82) is 0 Å². The molecule has 1 amide bonds. The third-order valence-electron chi connectivity index (χ3n) is 4.15. The second-order valence-electron chi connectivity index (χ2n) is 6.08. The van der Waals surface area contributed by atoms with Crippen LogP contribution in [0.15, 0.2) is 59.5 Å². The highest BCUT2D eigenvalue weighted by Gasteiger charge is 2.21. The second-order valence-corrected chi connectivity index (χ2v) is 7.97. The average Bonchev–Trinajstić information content (AvgIpc) is 2.71. The van der Waals surface area contributed by atoms with Crippen LogP contribution < -0.4 is 10.0 Å². The summed E-state index contributed by atoms with van der Waals surface area (Å²) < 4.78 is 30.8. The summed E-state index contributed by atoms with van der Waals surface area (Å²) in [6.45, 7) is 2.11. The van der Waals surface area contributed by atoms with E-state index in [1.165, 1.54) is 31.3 Å². The zero-order valence-electron chi connectivity index (χ0n) is 15.8. The number of rotatable bonds is 9. The molecule has 2 N–H and O–H groups in total. The molecule has 0 bridgehead atoms. The van der Waals surface area contributed by atoms with Gasteiger partial charge in [0, 0.05) is 12.1 Å². The smallest absolute Gasteiger partial charge is 0.311 e. The predicted molar refractivity (Wildman–Crippen MR) is 105 cm³/mol. The molecule has 0 spiro atoms. The Bertz CT molecular complexity index is 896. The summed E-state index contributed by atoms with van der Waals surface area (Å²) in [7, 11) is -2.24. The van der Waals surface area contributed by atoms with Gasteiger partial charge in [-0.3, -0.25) is 9.59 Å². The van der Waals surface area contributed by atoms with E-state index in [9.17, 15) is 18.0 Å². The molecule has 2 aromatic rings. The highest BCUT2D eigenvalue weighted by atomic mass is 32.2. The van der Waals surface area contributed by atoms with Crippen molar-refractivity contribution >= 4 is 21.9 Å². The van der Waals surface area contributed by atoms with Crippen LogP contribution in [0.4, 0.5) is 0 Å². The maximum absolute atomic E-state index is 12.4. The van der Waals surface area contributed by atoms with Gasteiger partial charge in [0.1, 0.15) is 0 Å². The zero-order valence-corrected chi connectivity index (χ0v) is 16.7. The Morgan fingerprint density at radius 3 is 2.25 bits per heavy atom. The fourth-order valence-electron chi connectivity index (χ4n) is 2.62. The molecule has 2 rings (SSSR count). The molecule has 1 atom stereocenters. The number of benzene rings is 2. The van der Waals surface area contributed by atoms with Crippen LogP contribution in [0.25, 0.3) is 0 Å². The molecule has 2 aromatic carbocycles. The summed E-state index contributed by atoms with van der Waals surface area (Å²) in [6, 6.07) is 15.0. The molecule has 0 aliphatic carbocycles. The van der Waals surface area contributed by atoms with Crippen molar-refractivity contribution in [2.24, 2.45) is 5.92 Å². The van der Waals surface area contributed by atoms with Crippen LogP contribution >= 0.6 is 0 Å². The molecule has 8 heteroatoms. The normalized spacial score (nSPS) is 12.2. The summed E-state index contributed by atoms with van der Waals surface area (Å²) >= 11 is 0. The number of carbonyl (C=O) groups excluding carboxylic acids is 2. The minimum atomic E-state index is -3.56. The van der Waals surface area contributed by atoms with Gasteiger partial charge in [0.25, 0.3) is 5.91 Å². The Hall–Kier alpha value is -2.71. The summed E-state index contributed by atoms with van der Waals surface area (Å²) in [5, 5.41) is 2.73. The van der Waals surface area contributed by atoms with E-state index in [0.29, 0.717) is 12.0 Å². The second kappa shape index (κ2) is 10.0. The van der Waals surface area contributed by atoms with Crippen LogP contribution in [0.5, 0.6) is 0 Å². The summed E-state index contributed by atoms with van der Waals surface area (Å²) in [5.74, 6) is -1.28. The highest BCUT2D eigenvalue weighted by molar-refractivity contribution is 7.89. The fourth-order valence-corrected chi connectivity index (χ4v) is 3.35. The van der Waals surface area contributed by atoms with Gasteiger partial charge in [-0.1, -0.05) is 30.3 Å². The van der Waals surface area contributed by atoms with Crippen LogP contribution in [0.3, 0.4) is 0 Å². The van der Waals surface area contributed by atoms with E-state index in [1.54, 1.807) is 6.92 Å². The standard InChI is InChI=1S/C20H24N2O5S/c1-3-27-20(24)17(13-15-7-5-4-6-8-15)14-22-19(23)16-9-11-18(12-10-16)28(25,26)21-2/h4-12,17,21H,3,13-14H2,1-2H3,(H,22,23). The largest absolute Gasteiger partial charge is 0.466 e. The van der Waals surface area contributed by atoms with E-state index in [1.807, 2.05) is 30.3 Å². The lowest BCUT2D eigenvalue weighted by molar-refractivity contribution is -0.147. The number of carbonyl (C=O) groups is 2. The van der Waals surface area contributed by atoms with Crippen LogP contribution in [-0.2, 0) is 26.0 Å². The number of esters is 1. The van der Waals surface area contributed by atoms with Crippen molar-refractivity contribution in [2.45, 2.75) is 18.2 Å². The quantitative estimate of drug-likeness (QED) is 0.620. The van der Waals surface area contributed by atoms with Crippen molar-refractivity contribution in [1.82, 2.24) is 10.0 Å². The van der Waals surface area contributed by atoms with Crippen molar-refractivity contribution < 1.29 is 22.7 Å². The molecule has 7 nitrogen and oxygen atoms in total. The van der Waals surface area contributed by atoms with Gasteiger partial charge >= 0.3 is 5.97 Å². The molecule has 0 aliphatic rings. The number of nitrogens with one attached hydrogen (secondary N) is 2. The van der Waals surface area contributed by atoms with Gasteiger partial charge in [0.2, 0.25) is 10.0 Å². The molecule has 0 aromatic heterocycles. The summed E-state index contributed by atoms with van der Waals surface area (Å²) in [4.78, 5) is 24.7. The SMILES string of the molecule is CCOC(=O)C(CNC(=O)c1ccc(S(=O)(=O)NC)cc1)Cc1ccccc1. The van der Waals surface area contributed by atoms with E-state index in [-0.39, 0.29) is 24.0 Å². The first-order chi connectivity index (χ1) is 13.4. The van der Waals surface area contributed by atoms with Crippen LogP contribution in [-0.4, -0.2) is 40.5 Å². The predicted octanol–water partition coefficient (Wildman–Crippen LogP) is 1.75. The lowest BCUT2D eigenvalue weighted by Gasteiger charge is -2.16. The third-order valence-corrected chi connectivity index (χ3v) is 5.58. The van der Waals surface area contributed by atoms with E-state index < -0.39 is 21.8 Å². The van der Waals surface area contributed by atoms with E-state index in [4.69, 9.17) is 4.74 Å². The third kappa shape index (κ3) is 5.90. The molecule has 0 aliphatic heterocycles. The molecule has 0 heterocycles. The van der Waals surface area contributed by atoms with Crippen LogP contribution in [0, 0.1) is 5.92 Å². The summed E-state index contributed by atoms with van der Waals surface area (Å²) in [5.41, 5.74) is 1.27. The Morgan fingerprint density at radius 1 is 1.04 bits per heavy atom. The average molecular weight is 404 g/mol. The van der Waals surface area contributed by atoms with Gasteiger partial charge in [0.15, 0.2) is 0 Å². The molecule has 1 unspecified atom stereocenters. The first kappa shape index (κ1) is 21.6. The first-order valence-corrected chi connectivity index (χ1v) is 10.4. The van der Waals surface area contributed by atoms with Gasteiger partial charge in [-0.25, -0.2) is 13.1 Å². The van der Waals surface area contributed by atoms with Crippen LogP contribution in [0.1, 0.15) is 22.8 Å². The van der Waals surface area contributed by atoms with E-state index in [0.717, 1.165) is 5.56 Å². The van der Waals surface area contributed by atoms with Gasteiger partial charge in [-0.2, -0.15) is 0 Å². The number of hydrogen-bond acceptors (Lipinski definition) is 5. The topological polar surface area (TPSA) is 102 Å². The van der Waals surface area contributed by atoms with Gasteiger partial charge < -0.3 is 10.1 Å². The first-order valence-electron chi connectivity index (χ1n) is 8.89. The van der Waals surface area contributed by atoms with Crippen molar-refractivity contribution in [3.05, 3.63) is 65.7 Å². The molecule has 0 radical (unpaired) electrons. The molecule has 0 fully saturated rings. The molecule has 0 saturated heterocycles. The lowest BCUT2D eigenvalue weighted by Crippen LogP contribution is -2.35. The van der Waals surface area contributed by atoms with Crippen LogP contribution in [0.2, 0.25) is 0 Å². The summed E-state index contributed by atoms with van der Waals surface area (Å²) in [6.07, 6.45) is 0.444. The maximum atomic E-state index is 12.4. The minimum absolute atomic E-state index is 0.0695. The molecular weight excluding hydrogens is 380 g/mol. The van der Waals surface area contributed by atoms with E-state index >= 15 is 0 Å². The highest BCUT2D eigenvalue weighted by Crippen LogP contribution is 2.12. The Balaban J connectivity index is 2.05. The van der Waals surface area contributed by atoms with Gasteiger partial charge in [0.05, 0.1) is 17.4 Å². The van der Waals surface area contributed by atoms with Gasteiger partial charge in [-0.15, -0.1) is 0 Å². The fraction of sp³-hybridized carbons (Fsp3) is 0.300. The van der Waals surface area contributed by atoms with E-state index in [2.05, 4.69) is 10.0 Å². The molecule has 0 saturated carbocycles. The number of sulfonamides is 1. The number of amides is 1. The van der Waals surface area contributed by atoms with Crippen molar-refractivity contribution in [3.63, 3.8) is 0 Å². The molecule has 28 heavy (non-hydrogen) atoms. The zero-order chi connectivity index (χ0) is 20.6. The van der Waals surface area contributed by atoms with Crippen molar-refractivity contribution in [3.8, 4) is 0 Å². The maximum Gasteiger partial charge on any atom is 0.311 e. The lowest BCUT2D eigenvalue weighted by atomic mass is 9.99. The Kier molecular flexibility index (Phi) is 7.71.